The van der Waals surface area contributed by atoms with Crippen LogP contribution >= 0.6 is 11.3 Å². The van der Waals surface area contributed by atoms with E-state index >= 15 is 0 Å². The van der Waals surface area contributed by atoms with Crippen molar-refractivity contribution in [1.29, 1.82) is 5.41 Å². The highest BCUT2D eigenvalue weighted by Gasteiger charge is 2.25. The van der Waals surface area contributed by atoms with Gasteiger partial charge in [-0.1, -0.05) is 27.7 Å². The Morgan fingerprint density at radius 3 is 2.48 bits per heavy atom. The van der Waals surface area contributed by atoms with Crippen LogP contribution in [0.5, 0.6) is 0 Å². The molecule has 2 rings (SSSR count). The Morgan fingerprint density at radius 1 is 1.38 bits per heavy atom. The number of nitrogens with zero attached hydrogens (tertiary/aromatic N) is 2. The molecule has 0 radical (unpaired) electrons. The van der Waals surface area contributed by atoms with Crippen molar-refractivity contribution in [3.63, 3.8) is 0 Å². The maximum absolute atomic E-state index is 7.76. The fraction of sp³-hybridized carbons (Fsp3) is 0.750. The van der Waals surface area contributed by atoms with Gasteiger partial charge in [0.1, 0.15) is 5.84 Å². The lowest BCUT2D eigenvalue weighted by Crippen LogP contribution is -2.34. The molecule has 0 spiro atoms. The zero-order valence-electron chi connectivity index (χ0n) is 13.7. The highest BCUT2D eigenvalue weighted by Crippen LogP contribution is 2.29. The highest BCUT2D eigenvalue weighted by atomic mass is 32.1. The first kappa shape index (κ1) is 16.4. The lowest BCUT2D eigenvalue weighted by Gasteiger charge is -2.29. The summed E-state index contributed by atoms with van der Waals surface area (Å²) in [6.45, 7) is 12.2. The van der Waals surface area contributed by atoms with Crippen LogP contribution < -0.4 is 5.73 Å². The Kier molecular flexibility index (Phi) is 5.04. The van der Waals surface area contributed by atoms with Crippen LogP contribution in [0.4, 0.5) is 0 Å². The molecule has 0 aliphatic carbocycles. The van der Waals surface area contributed by atoms with E-state index < -0.39 is 0 Å². The van der Waals surface area contributed by atoms with E-state index in [4.69, 9.17) is 16.1 Å². The van der Waals surface area contributed by atoms with Crippen LogP contribution in [0.2, 0.25) is 0 Å². The Labute approximate surface area is 132 Å². The number of hydrogen-bond donors (Lipinski definition) is 2. The number of nitrogens with one attached hydrogen (secondary N) is 1. The molecule has 1 aliphatic rings. The minimum atomic E-state index is -0.0592. The number of piperidine rings is 1. The van der Waals surface area contributed by atoms with Crippen molar-refractivity contribution in [2.75, 3.05) is 19.6 Å². The largest absolute Gasteiger partial charge is 0.383 e. The summed E-state index contributed by atoms with van der Waals surface area (Å²) in [6.07, 6.45) is 3.59. The van der Waals surface area contributed by atoms with Gasteiger partial charge < -0.3 is 10.6 Å². The Hall–Kier alpha value is -0.940. The minimum Gasteiger partial charge on any atom is -0.383 e. The lowest BCUT2D eigenvalue weighted by molar-refractivity contribution is 0.194. The maximum atomic E-state index is 7.76. The summed E-state index contributed by atoms with van der Waals surface area (Å²) in [5.74, 6) is 1.02. The number of thiazole rings is 1. The van der Waals surface area contributed by atoms with Crippen LogP contribution in [0.25, 0.3) is 0 Å². The number of hydrogen-bond acceptors (Lipinski definition) is 4. The summed E-state index contributed by atoms with van der Waals surface area (Å²) in [5, 5.41) is 8.87. The van der Waals surface area contributed by atoms with Gasteiger partial charge in [0.25, 0.3) is 0 Å². The normalized spacial score (nSPS) is 18.1. The third-order valence-corrected chi connectivity index (χ3v) is 5.29. The monoisotopic (exact) mass is 308 g/mol. The molecule has 0 bridgehead atoms. The van der Waals surface area contributed by atoms with Gasteiger partial charge in [-0.05, 0) is 31.8 Å². The van der Waals surface area contributed by atoms with E-state index in [1.807, 2.05) is 0 Å². The van der Waals surface area contributed by atoms with Gasteiger partial charge in [-0.25, -0.2) is 4.98 Å². The van der Waals surface area contributed by atoms with Crippen molar-refractivity contribution in [3.8, 4) is 0 Å². The van der Waals surface area contributed by atoms with E-state index in [0.29, 0.717) is 0 Å². The minimum absolute atomic E-state index is 0.0592. The lowest BCUT2D eigenvalue weighted by atomic mass is 9.91. The van der Waals surface area contributed by atoms with Gasteiger partial charge in [0.15, 0.2) is 0 Å². The third-order valence-electron chi connectivity index (χ3n) is 4.14. The molecule has 1 fully saturated rings. The van der Waals surface area contributed by atoms with Gasteiger partial charge >= 0.3 is 0 Å². The Morgan fingerprint density at radius 2 is 2.00 bits per heavy atom. The van der Waals surface area contributed by atoms with E-state index in [-0.39, 0.29) is 11.3 Å². The molecular formula is C16H28N4S. The van der Waals surface area contributed by atoms with Crippen LogP contribution in [-0.2, 0) is 11.8 Å². The van der Waals surface area contributed by atoms with Gasteiger partial charge in [0.2, 0.25) is 0 Å². The fourth-order valence-electron chi connectivity index (χ4n) is 2.70. The number of rotatable bonds is 4. The van der Waals surface area contributed by atoms with Gasteiger partial charge in [-0.15, -0.1) is 11.3 Å². The molecule has 1 aromatic rings. The molecule has 5 heteroatoms. The van der Waals surface area contributed by atoms with Crippen LogP contribution in [0.3, 0.4) is 0 Å². The van der Waals surface area contributed by atoms with E-state index in [1.54, 1.807) is 11.3 Å². The maximum Gasteiger partial charge on any atom is 0.135 e. The summed E-state index contributed by atoms with van der Waals surface area (Å²) in [4.78, 5) is 8.16. The molecule has 0 aromatic carbocycles. The zero-order valence-corrected chi connectivity index (χ0v) is 14.5. The molecule has 0 amide bonds. The Bertz CT molecular complexity index is 493. The molecule has 3 N–H and O–H groups in total. The van der Waals surface area contributed by atoms with Crippen LogP contribution in [-0.4, -0.2) is 35.4 Å². The zero-order chi connectivity index (χ0) is 15.6. The summed E-state index contributed by atoms with van der Waals surface area (Å²) < 4.78 is 0. The van der Waals surface area contributed by atoms with E-state index in [2.05, 4.69) is 32.6 Å². The average Bonchev–Trinajstić information content (AvgIpc) is 2.82. The molecule has 2 heterocycles. The van der Waals surface area contributed by atoms with E-state index in [0.717, 1.165) is 34.5 Å². The van der Waals surface area contributed by atoms with Crippen LogP contribution in [0, 0.1) is 11.3 Å². The standard InChI is InChI=1S/C16H28N4S/c1-11-5-8-20(9-6-11)10-7-12-19-14(16(2,3)4)13(21-12)15(17)18/h11H,5-10H2,1-4H3,(H3,17,18). The molecule has 21 heavy (non-hydrogen) atoms. The van der Waals surface area contributed by atoms with Crippen molar-refractivity contribution in [2.45, 2.75) is 52.4 Å². The Balaban J connectivity index is 2.02. The first-order chi connectivity index (χ1) is 9.77. The van der Waals surface area contributed by atoms with Crippen molar-refractivity contribution in [2.24, 2.45) is 11.7 Å². The van der Waals surface area contributed by atoms with E-state index in [1.165, 1.54) is 25.9 Å². The number of likely N-dealkylation sites (tertiary alicyclic amines) is 1. The third kappa shape index (κ3) is 4.27. The number of amidine groups is 1. The smallest absolute Gasteiger partial charge is 0.135 e. The second-order valence-electron chi connectivity index (χ2n) is 7.22. The van der Waals surface area contributed by atoms with Crippen LogP contribution in [0.1, 0.15) is 56.1 Å². The predicted molar refractivity (Wildman–Crippen MR) is 90.4 cm³/mol. The van der Waals surface area contributed by atoms with Crippen molar-refractivity contribution >= 4 is 17.2 Å². The average molecular weight is 308 g/mol. The van der Waals surface area contributed by atoms with Crippen molar-refractivity contribution in [3.05, 3.63) is 15.6 Å². The molecule has 0 unspecified atom stereocenters. The van der Waals surface area contributed by atoms with Crippen LogP contribution in [0.15, 0.2) is 0 Å². The molecular weight excluding hydrogens is 280 g/mol. The van der Waals surface area contributed by atoms with Crippen molar-refractivity contribution < 1.29 is 0 Å². The van der Waals surface area contributed by atoms with Crippen molar-refractivity contribution in [1.82, 2.24) is 9.88 Å². The number of nitrogens with two attached hydrogens (primary N) is 1. The second-order valence-corrected chi connectivity index (χ2v) is 8.31. The van der Waals surface area contributed by atoms with Gasteiger partial charge in [-0.3, -0.25) is 5.41 Å². The molecule has 1 saturated heterocycles. The summed E-state index contributed by atoms with van der Waals surface area (Å²) in [5.41, 5.74) is 6.64. The summed E-state index contributed by atoms with van der Waals surface area (Å²) in [7, 11) is 0. The molecule has 118 valence electrons. The van der Waals surface area contributed by atoms with Gasteiger partial charge in [0, 0.05) is 18.4 Å². The highest BCUT2D eigenvalue weighted by molar-refractivity contribution is 7.13. The molecule has 1 aliphatic heterocycles. The first-order valence-corrected chi connectivity index (χ1v) is 8.66. The topological polar surface area (TPSA) is 66.0 Å². The molecule has 1 aromatic heterocycles. The van der Waals surface area contributed by atoms with Gasteiger partial charge in [0.05, 0.1) is 15.6 Å². The molecule has 4 nitrogen and oxygen atoms in total. The van der Waals surface area contributed by atoms with E-state index in [9.17, 15) is 0 Å². The number of aromatic nitrogens is 1. The second kappa shape index (κ2) is 6.44. The summed E-state index contributed by atoms with van der Waals surface area (Å²) in [6, 6.07) is 0. The SMILES string of the molecule is CC1CCN(CCc2nc(C(C)(C)C)c(C(=N)N)s2)CC1. The summed E-state index contributed by atoms with van der Waals surface area (Å²) >= 11 is 1.60. The quantitative estimate of drug-likeness (QED) is 0.664. The predicted octanol–water partition coefficient (Wildman–Crippen LogP) is 3.00. The molecule has 0 atom stereocenters. The van der Waals surface area contributed by atoms with Gasteiger partial charge in [-0.2, -0.15) is 0 Å². The number of nitrogen functional groups attached to an aromatic ring is 1. The molecule has 0 saturated carbocycles. The first-order valence-electron chi connectivity index (χ1n) is 7.84. The fourth-order valence-corrected chi connectivity index (χ4v) is 3.83.